The van der Waals surface area contributed by atoms with Crippen LogP contribution in [0.1, 0.15) is 55.3 Å². The molecule has 2 aliphatic carbocycles. The number of anilines is 1. The maximum absolute atomic E-state index is 12.9. The highest BCUT2D eigenvalue weighted by Gasteiger charge is 2.29. The first kappa shape index (κ1) is 22.9. The van der Waals surface area contributed by atoms with Crippen LogP contribution >= 0.6 is 0 Å². The Balaban J connectivity index is 1.45. The molecule has 2 aromatic rings. The highest BCUT2D eigenvalue weighted by Crippen LogP contribution is 2.26. The van der Waals surface area contributed by atoms with Gasteiger partial charge in [0.05, 0.1) is 29.5 Å². The smallest absolute Gasteiger partial charge is 0.253 e. The van der Waals surface area contributed by atoms with Crippen LogP contribution in [0.4, 0.5) is 5.95 Å². The van der Waals surface area contributed by atoms with Gasteiger partial charge in [-0.3, -0.25) is 4.79 Å². The van der Waals surface area contributed by atoms with Gasteiger partial charge < -0.3 is 15.7 Å². The Labute approximate surface area is 188 Å². The summed E-state index contributed by atoms with van der Waals surface area (Å²) in [5.74, 6) is 0.217. The van der Waals surface area contributed by atoms with Gasteiger partial charge in [-0.05, 0) is 51.0 Å². The molecule has 2 saturated carbocycles. The molecule has 9 nitrogen and oxygen atoms in total. The third-order valence-electron chi connectivity index (χ3n) is 6.72. The molecule has 0 bridgehead atoms. The predicted octanol–water partition coefficient (Wildman–Crippen LogP) is 1.89. The number of carbonyl (C=O) groups is 1. The summed E-state index contributed by atoms with van der Waals surface area (Å²) in [5.41, 5.74) is 1.03. The van der Waals surface area contributed by atoms with E-state index in [0.29, 0.717) is 23.4 Å². The van der Waals surface area contributed by atoms with Gasteiger partial charge in [0, 0.05) is 30.7 Å². The van der Waals surface area contributed by atoms with Crippen LogP contribution in [0.25, 0.3) is 10.9 Å². The van der Waals surface area contributed by atoms with E-state index in [2.05, 4.69) is 20.6 Å². The van der Waals surface area contributed by atoms with Crippen LogP contribution in [0.15, 0.2) is 24.4 Å². The van der Waals surface area contributed by atoms with Crippen molar-refractivity contribution >= 4 is 32.8 Å². The summed E-state index contributed by atoms with van der Waals surface area (Å²) in [5, 5.41) is 17.1. The van der Waals surface area contributed by atoms with E-state index < -0.39 is 16.1 Å². The molecule has 32 heavy (non-hydrogen) atoms. The molecule has 1 heterocycles. The third kappa shape index (κ3) is 5.02. The number of hydrogen-bond donors (Lipinski definition) is 3. The van der Waals surface area contributed by atoms with Gasteiger partial charge in [-0.2, -0.15) is 0 Å². The molecule has 3 N–H and O–H groups in total. The summed E-state index contributed by atoms with van der Waals surface area (Å²) in [7, 11) is -1.56. The number of para-hydroxylation sites is 1. The summed E-state index contributed by atoms with van der Waals surface area (Å²) in [6.45, 7) is 0. The SMILES string of the molecule is CN([C@H]1CC[C@H](Nc2ncc3cccc(C(=O)N[C@@H]4CCC[C@H]4O)c3n2)CC1)S(C)(=O)=O. The van der Waals surface area contributed by atoms with Crippen LogP contribution in [0.3, 0.4) is 0 Å². The monoisotopic (exact) mass is 461 g/mol. The van der Waals surface area contributed by atoms with E-state index in [9.17, 15) is 18.3 Å². The van der Waals surface area contributed by atoms with Crippen molar-refractivity contribution < 1.29 is 18.3 Å². The predicted molar refractivity (Wildman–Crippen MR) is 123 cm³/mol. The summed E-state index contributed by atoms with van der Waals surface area (Å²) in [6.07, 6.45) is 7.99. The van der Waals surface area contributed by atoms with Crippen molar-refractivity contribution in [1.29, 1.82) is 0 Å². The summed E-state index contributed by atoms with van der Waals surface area (Å²) >= 11 is 0. The van der Waals surface area contributed by atoms with Crippen molar-refractivity contribution in [2.75, 3.05) is 18.6 Å². The lowest BCUT2D eigenvalue weighted by atomic mass is 9.91. The van der Waals surface area contributed by atoms with E-state index in [-0.39, 0.29) is 24.0 Å². The van der Waals surface area contributed by atoms with Crippen molar-refractivity contribution in [2.24, 2.45) is 0 Å². The molecule has 2 fully saturated rings. The van der Waals surface area contributed by atoms with Gasteiger partial charge in [-0.15, -0.1) is 0 Å². The zero-order valence-electron chi connectivity index (χ0n) is 18.5. The topological polar surface area (TPSA) is 125 Å². The average molecular weight is 462 g/mol. The first-order chi connectivity index (χ1) is 15.2. The van der Waals surface area contributed by atoms with Crippen molar-refractivity contribution in [1.82, 2.24) is 19.6 Å². The number of aromatic nitrogens is 2. The Morgan fingerprint density at radius 1 is 1.16 bits per heavy atom. The molecule has 2 atom stereocenters. The maximum atomic E-state index is 12.9. The first-order valence-corrected chi connectivity index (χ1v) is 13.0. The fraction of sp³-hybridized carbons (Fsp3) is 0.591. The second-order valence-corrected chi connectivity index (χ2v) is 11.0. The van der Waals surface area contributed by atoms with Crippen LogP contribution in [-0.4, -0.2) is 71.2 Å². The second-order valence-electron chi connectivity index (χ2n) is 8.94. The molecule has 174 valence electrons. The number of aliphatic hydroxyl groups excluding tert-OH is 1. The quantitative estimate of drug-likeness (QED) is 0.600. The summed E-state index contributed by atoms with van der Waals surface area (Å²) in [4.78, 5) is 21.9. The normalized spacial score (nSPS) is 26.4. The number of aliphatic hydroxyl groups is 1. The molecule has 0 spiro atoms. The number of carbonyl (C=O) groups excluding carboxylic acids is 1. The van der Waals surface area contributed by atoms with Crippen LogP contribution in [0.5, 0.6) is 0 Å². The Morgan fingerprint density at radius 3 is 2.56 bits per heavy atom. The minimum atomic E-state index is -3.19. The summed E-state index contributed by atoms with van der Waals surface area (Å²) < 4.78 is 25.0. The highest BCUT2D eigenvalue weighted by atomic mass is 32.2. The van der Waals surface area contributed by atoms with Crippen LogP contribution < -0.4 is 10.6 Å². The van der Waals surface area contributed by atoms with Gasteiger partial charge in [0.2, 0.25) is 16.0 Å². The largest absolute Gasteiger partial charge is 0.391 e. The summed E-state index contributed by atoms with van der Waals surface area (Å²) in [6, 6.07) is 5.35. The zero-order chi connectivity index (χ0) is 22.9. The van der Waals surface area contributed by atoms with E-state index in [1.807, 2.05) is 6.07 Å². The number of fused-ring (bicyclic) bond motifs is 1. The molecule has 0 unspecified atom stereocenters. The zero-order valence-corrected chi connectivity index (χ0v) is 19.3. The van der Waals surface area contributed by atoms with Gasteiger partial charge in [0.25, 0.3) is 5.91 Å². The molecule has 4 rings (SSSR count). The van der Waals surface area contributed by atoms with Crippen LogP contribution in [0.2, 0.25) is 0 Å². The fourth-order valence-corrected chi connectivity index (χ4v) is 5.45. The Morgan fingerprint density at radius 2 is 1.91 bits per heavy atom. The molecular formula is C22H31N5O4S. The molecule has 1 aromatic heterocycles. The van der Waals surface area contributed by atoms with Gasteiger partial charge in [-0.25, -0.2) is 22.7 Å². The lowest BCUT2D eigenvalue weighted by Gasteiger charge is -2.33. The lowest BCUT2D eigenvalue weighted by molar-refractivity contribution is 0.0874. The minimum absolute atomic E-state index is 0.0156. The van der Waals surface area contributed by atoms with Crippen molar-refractivity contribution in [3.05, 3.63) is 30.0 Å². The third-order valence-corrected chi connectivity index (χ3v) is 8.06. The number of benzene rings is 1. The van der Waals surface area contributed by atoms with Crippen molar-refractivity contribution in [3.63, 3.8) is 0 Å². The Bertz CT molecular complexity index is 1080. The molecule has 1 amide bonds. The number of amides is 1. The van der Waals surface area contributed by atoms with Crippen LogP contribution in [-0.2, 0) is 10.0 Å². The lowest BCUT2D eigenvalue weighted by Crippen LogP contribution is -2.41. The fourth-order valence-electron chi connectivity index (χ4n) is 4.70. The maximum Gasteiger partial charge on any atom is 0.253 e. The molecule has 1 aromatic carbocycles. The highest BCUT2D eigenvalue weighted by molar-refractivity contribution is 7.88. The first-order valence-electron chi connectivity index (χ1n) is 11.2. The van der Waals surface area contributed by atoms with E-state index >= 15 is 0 Å². The Hall–Kier alpha value is -2.30. The van der Waals surface area contributed by atoms with Gasteiger partial charge in [0.1, 0.15) is 0 Å². The molecular weight excluding hydrogens is 430 g/mol. The number of nitrogens with one attached hydrogen (secondary N) is 2. The van der Waals surface area contributed by atoms with Crippen LogP contribution in [0, 0.1) is 0 Å². The standard InChI is InChI=1S/C22H31N5O4S/c1-27(32(2,30)31)16-11-9-15(10-12-16)24-22-23-13-14-5-3-6-17(20(14)26-22)21(29)25-18-7-4-8-19(18)28/h3,5-6,13,15-16,18-19,28H,4,7-12H2,1-2H3,(H,25,29)(H,23,24,26)/t15-,16-,18-,19-/m1/s1. The van der Waals surface area contributed by atoms with Crippen molar-refractivity contribution in [3.8, 4) is 0 Å². The number of rotatable bonds is 6. The van der Waals surface area contributed by atoms with Gasteiger partial charge >= 0.3 is 0 Å². The molecule has 0 aliphatic heterocycles. The second kappa shape index (κ2) is 9.29. The van der Waals surface area contributed by atoms with E-state index in [4.69, 9.17) is 0 Å². The average Bonchev–Trinajstić information content (AvgIpc) is 3.17. The molecule has 0 radical (unpaired) electrons. The number of nitrogens with zero attached hydrogens (tertiary/aromatic N) is 3. The Kier molecular flexibility index (Phi) is 6.64. The molecule has 2 aliphatic rings. The molecule has 0 saturated heterocycles. The van der Waals surface area contributed by atoms with Gasteiger partial charge in [-0.1, -0.05) is 12.1 Å². The number of sulfonamides is 1. The van der Waals surface area contributed by atoms with E-state index in [0.717, 1.165) is 43.9 Å². The van der Waals surface area contributed by atoms with E-state index in [1.165, 1.54) is 10.6 Å². The molecule has 10 heteroatoms. The van der Waals surface area contributed by atoms with E-state index in [1.54, 1.807) is 25.4 Å². The van der Waals surface area contributed by atoms with Crippen molar-refractivity contribution in [2.45, 2.75) is 69.2 Å². The van der Waals surface area contributed by atoms with Gasteiger partial charge in [0.15, 0.2) is 0 Å². The number of hydrogen-bond acceptors (Lipinski definition) is 7. The minimum Gasteiger partial charge on any atom is -0.391 e.